The summed E-state index contributed by atoms with van der Waals surface area (Å²) in [6.07, 6.45) is 6.01. The number of fused-ring (bicyclic) bond motifs is 1. The zero-order valence-corrected chi connectivity index (χ0v) is 9.73. The van der Waals surface area contributed by atoms with Gasteiger partial charge >= 0.3 is 0 Å². The fraction of sp³-hybridized carbons (Fsp3) is 1.00. The van der Waals surface area contributed by atoms with Crippen LogP contribution in [-0.4, -0.2) is 25.8 Å². The molecule has 0 bridgehead atoms. The molecule has 0 amide bonds. The molecule has 1 heterocycles. The molecule has 0 aromatic rings. The molecular weight excluding hydrogens is 222 g/mol. The fourth-order valence-electron chi connectivity index (χ4n) is 2.77. The number of nitrogens with zero attached hydrogens (tertiary/aromatic N) is 1. The second-order valence-electron chi connectivity index (χ2n) is 4.39. The van der Waals surface area contributed by atoms with Gasteiger partial charge < -0.3 is 0 Å². The summed E-state index contributed by atoms with van der Waals surface area (Å²) < 4.78 is 23.7. The van der Waals surface area contributed by atoms with Gasteiger partial charge in [0.2, 0.25) is 0 Å². The molecule has 1 saturated heterocycles. The second kappa shape index (κ2) is 3.99. The molecule has 0 spiro atoms. The molecule has 0 N–H and O–H groups in total. The van der Waals surface area contributed by atoms with Gasteiger partial charge in [-0.3, -0.25) is 0 Å². The van der Waals surface area contributed by atoms with Crippen molar-refractivity contribution in [3.05, 3.63) is 0 Å². The third kappa shape index (κ3) is 2.23. The average molecular weight is 238 g/mol. The molecule has 0 aromatic carbocycles. The molecule has 14 heavy (non-hydrogen) atoms. The Bertz CT molecular complexity index is 304. The highest BCUT2D eigenvalue weighted by atomic mass is 35.7. The van der Waals surface area contributed by atoms with Gasteiger partial charge in [0.25, 0.3) is 9.24 Å². The zero-order chi connectivity index (χ0) is 10.2. The number of hydrogen-bond donors (Lipinski definition) is 0. The molecular formula is C9H16ClNO2S. The molecule has 82 valence electrons. The van der Waals surface area contributed by atoms with E-state index >= 15 is 0 Å². The van der Waals surface area contributed by atoms with Crippen LogP contribution in [0.2, 0.25) is 0 Å². The minimum atomic E-state index is -3.47. The second-order valence-corrected chi connectivity index (χ2v) is 6.90. The number of piperidine rings is 1. The molecule has 0 radical (unpaired) electrons. The Morgan fingerprint density at radius 1 is 1.07 bits per heavy atom. The first-order valence-electron chi connectivity index (χ1n) is 5.27. The summed E-state index contributed by atoms with van der Waals surface area (Å²) in [7, 11) is 1.87. The molecule has 5 heteroatoms. The van der Waals surface area contributed by atoms with Crippen LogP contribution >= 0.6 is 10.7 Å². The van der Waals surface area contributed by atoms with Crippen LogP contribution in [-0.2, 0) is 9.24 Å². The van der Waals surface area contributed by atoms with Gasteiger partial charge in [0.15, 0.2) is 0 Å². The lowest BCUT2D eigenvalue weighted by atomic mass is 9.76. The van der Waals surface area contributed by atoms with E-state index in [0.29, 0.717) is 19.0 Å². The first kappa shape index (κ1) is 10.7. The highest BCUT2D eigenvalue weighted by Crippen LogP contribution is 2.37. The van der Waals surface area contributed by atoms with Crippen LogP contribution in [0, 0.1) is 11.8 Å². The van der Waals surface area contributed by atoms with Crippen molar-refractivity contribution in [2.75, 3.05) is 13.1 Å². The zero-order valence-electron chi connectivity index (χ0n) is 8.15. The average Bonchev–Trinajstić information content (AvgIpc) is 2.16. The Morgan fingerprint density at radius 3 is 2.36 bits per heavy atom. The molecule has 0 aromatic heterocycles. The van der Waals surface area contributed by atoms with E-state index in [-0.39, 0.29) is 0 Å². The normalized spacial score (nSPS) is 35.2. The van der Waals surface area contributed by atoms with Crippen molar-refractivity contribution < 1.29 is 8.42 Å². The van der Waals surface area contributed by atoms with E-state index in [0.717, 1.165) is 12.3 Å². The Labute approximate surface area is 90.0 Å². The Balaban J connectivity index is 2.03. The van der Waals surface area contributed by atoms with Crippen molar-refractivity contribution in [2.45, 2.75) is 32.1 Å². The fourth-order valence-corrected chi connectivity index (χ4v) is 3.83. The molecule has 3 nitrogen and oxygen atoms in total. The van der Waals surface area contributed by atoms with Gasteiger partial charge in [-0.1, -0.05) is 19.3 Å². The van der Waals surface area contributed by atoms with Crippen molar-refractivity contribution in [2.24, 2.45) is 11.8 Å². The van der Waals surface area contributed by atoms with E-state index in [2.05, 4.69) is 0 Å². The third-order valence-corrected chi connectivity index (χ3v) is 5.10. The summed E-state index contributed by atoms with van der Waals surface area (Å²) in [6.45, 7) is 1.27. The molecule has 2 atom stereocenters. The first-order chi connectivity index (χ1) is 6.57. The smallest absolute Gasteiger partial charge is 0.195 e. The van der Waals surface area contributed by atoms with E-state index in [1.54, 1.807) is 0 Å². The molecule has 2 rings (SSSR count). The Hall–Kier alpha value is 0.200. The Kier molecular flexibility index (Phi) is 3.05. The predicted molar refractivity (Wildman–Crippen MR) is 56.4 cm³/mol. The van der Waals surface area contributed by atoms with Crippen molar-refractivity contribution in [3.63, 3.8) is 0 Å². The quantitative estimate of drug-likeness (QED) is 0.654. The van der Waals surface area contributed by atoms with Crippen LogP contribution in [0.15, 0.2) is 0 Å². The molecule has 2 fully saturated rings. The topological polar surface area (TPSA) is 37.4 Å². The lowest BCUT2D eigenvalue weighted by molar-refractivity contribution is 0.138. The SMILES string of the molecule is O=S(=O)(Cl)N1CCC2CCCCC2C1. The molecule has 2 aliphatic rings. The highest BCUT2D eigenvalue weighted by Gasteiger charge is 2.34. The lowest BCUT2D eigenvalue weighted by Crippen LogP contribution is -2.43. The van der Waals surface area contributed by atoms with Crippen LogP contribution in [0.4, 0.5) is 0 Å². The molecule has 1 aliphatic carbocycles. The van der Waals surface area contributed by atoms with Crippen LogP contribution in [0.3, 0.4) is 0 Å². The number of halogens is 1. The van der Waals surface area contributed by atoms with Crippen LogP contribution in [0.5, 0.6) is 0 Å². The van der Waals surface area contributed by atoms with Gasteiger partial charge in [0.1, 0.15) is 0 Å². The van der Waals surface area contributed by atoms with E-state index < -0.39 is 9.24 Å². The number of hydrogen-bond acceptors (Lipinski definition) is 2. The maximum atomic E-state index is 11.2. The predicted octanol–water partition coefficient (Wildman–Crippen LogP) is 1.98. The first-order valence-corrected chi connectivity index (χ1v) is 7.54. The standard InChI is InChI=1S/C9H16ClNO2S/c10-14(12,13)11-6-5-8-3-1-2-4-9(8)7-11/h8-9H,1-7H2. The summed E-state index contributed by atoms with van der Waals surface area (Å²) in [5, 5.41) is 0. The van der Waals surface area contributed by atoms with Crippen LogP contribution in [0.1, 0.15) is 32.1 Å². The van der Waals surface area contributed by atoms with Crippen molar-refractivity contribution in [3.8, 4) is 0 Å². The van der Waals surface area contributed by atoms with Crippen molar-refractivity contribution in [1.29, 1.82) is 0 Å². The van der Waals surface area contributed by atoms with Gasteiger partial charge in [-0.25, -0.2) is 0 Å². The summed E-state index contributed by atoms with van der Waals surface area (Å²) in [6, 6.07) is 0. The van der Waals surface area contributed by atoms with Crippen LogP contribution in [0.25, 0.3) is 0 Å². The maximum Gasteiger partial charge on any atom is 0.299 e. The Morgan fingerprint density at radius 2 is 1.71 bits per heavy atom. The van der Waals surface area contributed by atoms with Crippen molar-refractivity contribution in [1.82, 2.24) is 4.31 Å². The van der Waals surface area contributed by atoms with Crippen molar-refractivity contribution >= 4 is 19.9 Å². The summed E-state index contributed by atoms with van der Waals surface area (Å²) >= 11 is 0. The van der Waals surface area contributed by atoms with Gasteiger partial charge in [0, 0.05) is 23.8 Å². The minimum Gasteiger partial charge on any atom is -0.195 e. The maximum absolute atomic E-state index is 11.2. The van der Waals surface area contributed by atoms with E-state index in [4.69, 9.17) is 10.7 Å². The van der Waals surface area contributed by atoms with Gasteiger partial charge in [-0.2, -0.15) is 12.7 Å². The van der Waals surface area contributed by atoms with E-state index in [9.17, 15) is 8.42 Å². The lowest BCUT2D eigenvalue weighted by Gasteiger charge is -2.39. The van der Waals surface area contributed by atoms with E-state index in [1.807, 2.05) is 0 Å². The van der Waals surface area contributed by atoms with Gasteiger partial charge in [-0.15, -0.1) is 0 Å². The van der Waals surface area contributed by atoms with Gasteiger partial charge in [-0.05, 0) is 24.7 Å². The monoisotopic (exact) mass is 237 g/mol. The van der Waals surface area contributed by atoms with E-state index in [1.165, 1.54) is 30.0 Å². The van der Waals surface area contributed by atoms with Gasteiger partial charge in [0.05, 0.1) is 0 Å². The molecule has 1 saturated carbocycles. The number of rotatable bonds is 1. The summed E-state index contributed by atoms with van der Waals surface area (Å²) in [5.74, 6) is 1.31. The van der Waals surface area contributed by atoms with Crippen LogP contribution < -0.4 is 0 Å². The molecule has 2 unspecified atom stereocenters. The largest absolute Gasteiger partial charge is 0.299 e. The summed E-state index contributed by atoms with van der Waals surface area (Å²) in [4.78, 5) is 0. The third-order valence-electron chi connectivity index (χ3n) is 3.56. The molecule has 1 aliphatic heterocycles. The highest BCUT2D eigenvalue weighted by molar-refractivity contribution is 8.11. The summed E-state index contributed by atoms with van der Waals surface area (Å²) in [5.41, 5.74) is 0. The minimum absolute atomic E-state index is 0.561.